The molecule has 0 aliphatic heterocycles. The van der Waals surface area contributed by atoms with Gasteiger partial charge in [0, 0.05) is 27.6 Å². The molecule has 0 aliphatic rings. The first-order valence-electron chi connectivity index (χ1n) is 6.43. The Morgan fingerprint density at radius 1 is 1.35 bits per heavy atom. The molecule has 20 heavy (non-hydrogen) atoms. The topological polar surface area (TPSA) is 63.8 Å². The average Bonchev–Trinajstić information content (AvgIpc) is 2.83. The normalized spacial score (nSPS) is 11.2. The van der Waals surface area contributed by atoms with E-state index < -0.39 is 0 Å². The molecule has 1 N–H and O–H groups in total. The Labute approximate surface area is 134 Å². The summed E-state index contributed by atoms with van der Waals surface area (Å²) in [5.41, 5.74) is 0.684. The SMILES string of the molecule is CC(C)NCCCc1nc(-c2ncc(Br)cc2Br)no1. The lowest BCUT2D eigenvalue weighted by Crippen LogP contribution is -2.23. The van der Waals surface area contributed by atoms with Crippen LogP contribution in [-0.2, 0) is 6.42 Å². The molecule has 2 rings (SSSR count). The molecule has 0 aliphatic carbocycles. The molecule has 7 heteroatoms. The van der Waals surface area contributed by atoms with Crippen molar-refractivity contribution in [2.45, 2.75) is 32.7 Å². The van der Waals surface area contributed by atoms with E-state index in [2.05, 4.69) is 66.1 Å². The van der Waals surface area contributed by atoms with E-state index in [-0.39, 0.29) is 0 Å². The average molecular weight is 404 g/mol. The van der Waals surface area contributed by atoms with Crippen molar-refractivity contribution < 1.29 is 4.52 Å². The molecule has 0 spiro atoms. The third-order valence-electron chi connectivity index (χ3n) is 2.61. The van der Waals surface area contributed by atoms with Crippen LogP contribution >= 0.6 is 31.9 Å². The van der Waals surface area contributed by atoms with Crippen LogP contribution in [0.1, 0.15) is 26.2 Å². The molecular weight excluding hydrogens is 388 g/mol. The number of aromatic nitrogens is 3. The predicted octanol–water partition coefficient (Wildman–Crippen LogP) is 3.59. The largest absolute Gasteiger partial charge is 0.339 e. The van der Waals surface area contributed by atoms with Crippen LogP contribution in [0.3, 0.4) is 0 Å². The summed E-state index contributed by atoms with van der Waals surface area (Å²) in [6.07, 6.45) is 3.44. The van der Waals surface area contributed by atoms with Gasteiger partial charge in [-0.3, -0.25) is 4.98 Å². The standard InChI is InChI=1S/C13H16Br2N4O/c1-8(2)16-5-3-4-11-18-13(19-20-11)12-10(15)6-9(14)7-17-12/h6-8,16H,3-5H2,1-2H3. The van der Waals surface area contributed by atoms with Crippen LogP contribution in [-0.4, -0.2) is 27.7 Å². The van der Waals surface area contributed by atoms with Crippen molar-refractivity contribution in [1.82, 2.24) is 20.4 Å². The molecule has 0 unspecified atom stereocenters. The van der Waals surface area contributed by atoms with Crippen molar-refractivity contribution >= 4 is 31.9 Å². The van der Waals surface area contributed by atoms with Gasteiger partial charge in [0.15, 0.2) is 0 Å². The van der Waals surface area contributed by atoms with Crippen LogP contribution in [0, 0.1) is 0 Å². The molecule has 0 atom stereocenters. The molecule has 0 aromatic carbocycles. The molecule has 2 aromatic rings. The van der Waals surface area contributed by atoms with Crippen molar-refractivity contribution in [2.24, 2.45) is 0 Å². The van der Waals surface area contributed by atoms with Gasteiger partial charge in [-0.15, -0.1) is 0 Å². The van der Waals surface area contributed by atoms with Crippen molar-refractivity contribution in [1.29, 1.82) is 0 Å². The van der Waals surface area contributed by atoms with Gasteiger partial charge in [0.05, 0.1) is 0 Å². The van der Waals surface area contributed by atoms with Crippen molar-refractivity contribution in [3.63, 3.8) is 0 Å². The monoisotopic (exact) mass is 402 g/mol. The fourth-order valence-electron chi connectivity index (χ4n) is 1.66. The van der Waals surface area contributed by atoms with E-state index in [9.17, 15) is 0 Å². The molecule has 0 radical (unpaired) electrons. The second kappa shape index (κ2) is 7.28. The summed E-state index contributed by atoms with van der Waals surface area (Å²) in [4.78, 5) is 8.66. The molecule has 2 aromatic heterocycles. The van der Waals surface area contributed by atoms with Gasteiger partial charge in [0.1, 0.15) is 5.69 Å². The van der Waals surface area contributed by atoms with Crippen LogP contribution in [0.4, 0.5) is 0 Å². The highest BCUT2D eigenvalue weighted by Gasteiger charge is 2.13. The Morgan fingerprint density at radius 2 is 2.15 bits per heavy atom. The van der Waals surface area contributed by atoms with Crippen molar-refractivity contribution in [3.05, 3.63) is 27.1 Å². The quantitative estimate of drug-likeness (QED) is 0.746. The van der Waals surface area contributed by atoms with Crippen LogP contribution in [0.2, 0.25) is 0 Å². The molecule has 0 amide bonds. The number of rotatable bonds is 6. The van der Waals surface area contributed by atoms with E-state index in [1.807, 2.05) is 6.07 Å². The fourth-order valence-corrected chi connectivity index (χ4v) is 2.83. The van der Waals surface area contributed by atoms with Crippen LogP contribution in [0.15, 0.2) is 25.7 Å². The maximum atomic E-state index is 5.25. The lowest BCUT2D eigenvalue weighted by molar-refractivity contribution is 0.374. The summed E-state index contributed by atoms with van der Waals surface area (Å²) in [5, 5.41) is 7.33. The zero-order valence-corrected chi connectivity index (χ0v) is 14.5. The fraction of sp³-hybridized carbons (Fsp3) is 0.462. The Balaban J connectivity index is 1.98. The first kappa shape index (κ1) is 15.6. The van der Waals surface area contributed by atoms with Gasteiger partial charge in [-0.05, 0) is 50.9 Å². The number of nitrogens with zero attached hydrogens (tertiary/aromatic N) is 3. The summed E-state index contributed by atoms with van der Waals surface area (Å²) >= 11 is 6.81. The zero-order valence-electron chi connectivity index (χ0n) is 11.4. The molecular formula is C13H16Br2N4O. The number of aryl methyl sites for hydroxylation is 1. The minimum absolute atomic E-state index is 0.496. The molecule has 0 saturated heterocycles. The lowest BCUT2D eigenvalue weighted by Gasteiger charge is -2.05. The third kappa shape index (κ3) is 4.36. The smallest absolute Gasteiger partial charge is 0.227 e. The maximum absolute atomic E-state index is 5.25. The van der Waals surface area contributed by atoms with E-state index in [4.69, 9.17) is 4.52 Å². The van der Waals surface area contributed by atoms with Gasteiger partial charge in [-0.1, -0.05) is 19.0 Å². The van der Waals surface area contributed by atoms with Gasteiger partial charge in [0.2, 0.25) is 11.7 Å². The first-order valence-corrected chi connectivity index (χ1v) is 8.02. The third-order valence-corrected chi connectivity index (χ3v) is 3.65. The predicted molar refractivity (Wildman–Crippen MR) is 84.4 cm³/mol. The summed E-state index contributed by atoms with van der Waals surface area (Å²) < 4.78 is 6.98. The van der Waals surface area contributed by atoms with E-state index in [0.29, 0.717) is 23.5 Å². The van der Waals surface area contributed by atoms with Gasteiger partial charge in [-0.25, -0.2) is 0 Å². The number of pyridine rings is 1. The highest BCUT2D eigenvalue weighted by molar-refractivity contribution is 9.11. The molecule has 108 valence electrons. The summed E-state index contributed by atoms with van der Waals surface area (Å²) in [6, 6.07) is 2.40. The van der Waals surface area contributed by atoms with Gasteiger partial charge >= 0.3 is 0 Å². The van der Waals surface area contributed by atoms with Crippen LogP contribution in [0.5, 0.6) is 0 Å². The highest BCUT2D eigenvalue weighted by atomic mass is 79.9. The molecule has 0 saturated carbocycles. The van der Waals surface area contributed by atoms with Gasteiger partial charge in [-0.2, -0.15) is 4.98 Å². The van der Waals surface area contributed by atoms with Gasteiger partial charge < -0.3 is 9.84 Å². The zero-order chi connectivity index (χ0) is 14.5. The lowest BCUT2D eigenvalue weighted by atomic mass is 10.3. The number of hydrogen-bond acceptors (Lipinski definition) is 5. The summed E-state index contributed by atoms with van der Waals surface area (Å²) in [5.74, 6) is 1.15. The van der Waals surface area contributed by atoms with E-state index in [1.54, 1.807) is 6.20 Å². The Hall–Kier alpha value is -0.790. The Kier molecular flexibility index (Phi) is 5.68. The number of halogens is 2. The summed E-state index contributed by atoms with van der Waals surface area (Å²) in [6.45, 7) is 5.19. The maximum Gasteiger partial charge on any atom is 0.227 e. The van der Waals surface area contributed by atoms with Crippen LogP contribution < -0.4 is 5.32 Å². The molecule has 5 nitrogen and oxygen atoms in total. The van der Waals surface area contributed by atoms with Crippen LogP contribution in [0.25, 0.3) is 11.5 Å². The second-order valence-corrected chi connectivity index (χ2v) is 6.48. The van der Waals surface area contributed by atoms with Crippen molar-refractivity contribution in [3.8, 4) is 11.5 Å². The van der Waals surface area contributed by atoms with E-state index in [0.717, 1.165) is 28.3 Å². The number of hydrogen-bond donors (Lipinski definition) is 1. The Morgan fingerprint density at radius 3 is 2.85 bits per heavy atom. The first-order chi connectivity index (χ1) is 9.56. The number of nitrogens with one attached hydrogen (secondary N) is 1. The van der Waals surface area contributed by atoms with E-state index >= 15 is 0 Å². The molecule has 0 bridgehead atoms. The molecule has 2 heterocycles. The van der Waals surface area contributed by atoms with Crippen molar-refractivity contribution in [2.75, 3.05) is 6.54 Å². The Bertz CT molecular complexity index is 571. The van der Waals surface area contributed by atoms with E-state index in [1.165, 1.54) is 0 Å². The minimum atomic E-state index is 0.496. The second-order valence-electron chi connectivity index (χ2n) is 4.71. The highest BCUT2D eigenvalue weighted by Crippen LogP contribution is 2.26. The van der Waals surface area contributed by atoms with Gasteiger partial charge in [0.25, 0.3) is 0 Å². The minimum Gasteiger partial charge on any atom is -0.339 e. The molecule has 0 fully saturated rings. The summed E-state index contributed by atoms with van der Waals surface area (Å²) in [7, 11) is 0.